The van der Waals surface area contributed by atoms with Crippen molar-refractivity contribution in [1.82, 2.24) is 0 Å². The van der Waals surface area contributed by atoms with Crippen molar-refractivity contribution in [1.29, 1.82) is 0 Å². The average Bonchev–Trinajstić information content (AvgIpc) is 2.03. The summed E-state index contributed by atoms with van der Waals surface area (Å²) in [5.41, 5.74) is 0. The van der Waals surface area contributed by atoms with Crippen molar-refractivity contribution in [2.45, 2.75) is 45.4 Å². The van der Waals surface area contributed by atoms with Gasteiger partial charge in [0.25, 0.3) is 0 Å². The zero-order chi connectivity index (χ0) is 8.36. The number of rotatable bonds is 8. The van der Waals surface area contributed by atoms with Crippen LogP contribution in [-0.4, -0.2) is 11.9 Å². The van der Waals surface area contributed by atoms with E-state index in [4.69, 9.17) is 5.26 Å². The summed E-state index contributed by atoms with van der Waals surface area (Å²) in [6, 6.07) is 0. The van der Waals surface area contributed by atoms with Gasteiger partial charge in [0.05, 0.1) is 6.61 Å². The summed E-state index contributed by atoms with van der Waals surface area (Å²) in [5, 5.41) is 8.00. The maximum absolute atomic E-state index is 8.00. The Labute approximate surface area is 69.5 Å². The largest absolute Gasteiger partial charge is 0.252 e. The summed E-state index contributed by atoms with van der Waals surface area (Å²) in [5.74, 6) is 0. The van der Waals surface area contributed by atoms with Crippen molar-refractivity contribution >= 4 is 0 Å². The van der Waals surface area contributed by atoms with Crippen LogP contribution in [0.25, 0.3) is 0 Å². The summed E-state index contributed by atoms with van der Waals surface area (Å²) in [6.45, 7) is 2.67. The first-order chi connectivity index (χ1) is 5.41. The van der Waals surface area contributed by atoms with Crippen molar-refractivity contribution in [3.05, 3.63) is 6.42 Å². The Kier molecular flexibility index (Phi) is 9.85. The lowest BCUT2D eigenvalue weighted by atomic mass is 10.1. The molecule has 0 unspecified atom stereocenters. The van der Waals surface area contributed by atoms with E-state index >= 15 is 0 Å². The topological polar surface area (TPSA) is 29.5 Å². The molecule has 0 aromatic rings. The molecule has 1 N–H and O–H groups in total. The van der Waals surface area contributed by atoms with E-state index in [0.29, 0.717) is 6.61 Å². The first-order valence-electron chi connectivity index (χ1n) is 4.49. The molecule has 0 aromatic carbocycles. The molecule has 2 nitrogen and oxygen atoms in total. The molecule has 0 spiro atoms. The first kappa shape index (κ1) is 10.9. The van der Waals surface area contributed by atoms with Gasteiger partial charge in [-0.1, -0.05) is 39.0 Å². The minimum atomic E-state index is 0.480. The lowest BCUT2D eigenvalue weighted by Crippen LogP contribution is -1.88. The van der Waals surface area contributed by atoms with Gasteiger partial charge in [0.15, 0.2) is 0 Å². The van der Waals surface area contributed by atoms with Crippen molar-refractivity contribution < 1.29 is 10.1 Å². The summed E-state index contributed by atoms with van der Waals surface area (Å²) in [4.78, 5) is 3.96. The molecular formula is C9H19O2. The third-order valence-electron chi connectivity index (χ3n) is 1.64. The fraction of sp³-hybridized carbons (Fsp3) is 0.889. The molecular weight excluding hydrogens is 140 g/mol. The summed E-state index contributed by atoms with van der Waals surface area (Å²) >= 11 is 0. The second-order valence-corrected chi connectivity index (χ2v) is 2.76. The molecule has 0 bridgehead atoms. The molecule has 0 aliphatic heterocycles. The van der Waals surface area contributed by atoms with E-state index in [-0.39, 0.29) is 0 Å². The highest BCUT2D eigenvalue weighted by atomic mass is 17.1. The van der Waals surface area contributed by atoms with Crippen LogP contribution in [0.3, 0.4) is 0 Å². The van der Waals surface area contributed by atoms with Gasteiger partial charge in [-0.3, -0.25) is 5.26 Å². The third-order valence-corrected chi connectivity index (χ3v) is 1.64. The first-order valence-corrected chi connectivity index (χ1v) is 4.49. The Balaban J connectivity index is 2.69. The van der Waals surface area contributed by atoms with Gasteiger partial charge in [-0.15, -0.1) is 0 Å². The quantitative estimate of drug-likeness (QED) is 0.335. The standard InChI is InChI=1S/C9H19O2/c1-2-3-4-5-6-7-8-9-11-10/h4,10H,2-3,5-9H2,1H3. The third kappa shape index (κ3) is 9.92. The van der Waals surface area contributed by atoms with Crippen molar-refractivity contribution in [2.24, 2.45) is 0 Å². The van der Waals surface area contributed by atoms with Gasteiger partial charge in [0, 0.05) is 0 Å². The predicted molar refractivity (Wildman–Crippen MR) is 46.3 cm³/mol. The Morgan fingerprint density at radius 2 is 2.00 bits per heavy atom. The Morgan fingerprint density at radius 3 is 2.64 bits per heavy atom. The lowest BCUT2D eigenvalue weighted by molar-refractivity contribution is -0.242. The monoisotopic (exact) mass is 159 g/mol. The number of hydrogen-bond donors (Lipinski definition) is 1. The van der Waals surface area contributed by atoms with E-state index < -0.39 is 0 Å². The summed E-state index contributed by atoms with van der Waals surface area (Å²) in [6.07, 6.45) is 9.37. The van der Waals surface area contributed by atoms with Gasteiger partial charge in [0.1, 0.15) is 0 Å². The predicted octanol–water partition coefficient (Wildman–Crippen LogP) is 3.04. The normalized spacial score (nSPS) is 10.4. The summed E-state index contributed by atoms with van der Waals surface area (Å²) in [7, 11) is 0. The highest BCUT2D eigenvalue weighted by Crippen LogP contribution is 2.05. The molecule has 0 aliphatic rings. The zero-order valence-electron chi connectivity index (χ0n) is 7.38. The van der Waals surface area contributed by atoms with Gasteiger partial charge < -0.3 is 0 Å². The van der Waals surface area contributed by atoms with Crippen LogP contribution in [0.1, 0.15) is 45.4 Å². The minimum absolute atomic E-state index is 0.480. The Morgan fingerprint density at radius 1 is 1.18 bits per heavy atom. The van der Waals surface area contributed by atoms with Gasteiger partial charge in [-0.05, 0) is 12.8 Å². The second kappa shape index (κ2) is 9.92. The molecule has 0 rings (SSSR count). The molecule has 0 saturated heterocycles. The van der Waals surface area contributed by atoms with Crippen LogP contribution < -0.4 is 0 Å². The van der Waals surface area contributed by atoms with Gasteiger partial charge in [-0.25, -0.2) is 4.89 Å². The second-order valence-electron chi connectivity index (χ2n) is 2.76. The fourth-order valence-corrected chi connectivity index (χ4v) is 0.981. The molecule has 0 aromatic heterocycles. The maximum Gasteiger partial charge on any atom is 0.0819 e. The smallest absolute Gasteiger partial charge is 0.0819 e. The fourth-order valence-electron chi connectivity index (χ4n) is 0.981. The van der Waals surface area contributed by atoms with Crippen molar-refractivity contribution in [3.63, 3.8) is 0 Å². The molecule has 0 saturated carbocycles. The number of hydrogen-bond acceptors (Lipinski definition) is 2. The maximum atomic E-state index is 8.00. The molecule has 0 aliphatic carbocycles. The molecule has 0 amide bonds. The van der Waals surface area contributed by atoms with E-state index in [0.717, 1.165) is 12.8 Å². The molecule has 2 heteroatoms. The molecule has 11 heavy (non-hydrogen) atoms. The van der Waals surface area contributed by atoms with Crippen LogP contribution in [0, 0.1) is 6.42 Å². The molecule has 0 fully saturated rings. The van der Waals surface area contributed by atoms with Crippen molar-refractivity contribution in [2.75, 3.05) is 6.61 Å². The Hall–Kier alpha value is -0.0800. The van der Waals surface area contributed by atoms with E-state index in [1.165, 1.54) is 25.7 Å². The van der Waals surface area contributed by atoms with Crippen LogP contribution in [-0.2, 0) is 4.89 Å². The van der Waals surface area contributed by atoms with Crippen LogP contribution in [0.4, 0.5) is 0 Å². The zero-order valence-corrected chi connectivity index (χ0v) is 7.38. The molecule has 1 radical (unpaired) electrons. The highest BCUT2D eigenvalue weighted by molar-refractivity contribution is 4.62. The average molecular weight is 159 g/mol. The minimum Gasteiger partial charge on any atom is -0.252 e. The Bertz CT molecular complexity index is 56.6. The van der Waals surface area contributed by atoms with E-state index in [9.17, 15) is 0 Å². The highest BCUT2D eigenvalue weighted by Gasteiger charge is 1.89. The van der Waals surface area contributed by atoms with Crippen LogP contribution in [0.2, 0.25) is 0 Å². The van der Waals surface area contributed by atoms with Gasteiger partial charge >= 0.3 is 0 Å². The molecule has 0 heterocycles. The number of unbranched alkanes of at least 4 members (excludes halogenated alkanes) is 6. The SMILES string of the molecule is CCC[CH]CCCCCOO. The molecule has 67 valence electrons. The van der Waals surface area contributed by atoms with Crippen molar-refractivity contribution in [3.8, 4) is 0 Å². The lowest BCUT2D eigenvalue weighted by Gasteiger charge is -1.98. The van der Waals surface area contributed by atoms with E-state index in [1.54, 1.807) is 0 Å². The van der Waals surface area contributed by atoms with Gasteiger partial charge in [-0.2, -0.15) is 0 Å². The van der Waals surface area contributed by atoms with E-state index in [1.807, 2.05) is 0 Å². The van der Waals surface area contributed by atoms with Gasteiger partial charge in [0.2, 0.25) is 0 Å². The van der Waals surface area contributed by atoms with E-state index in [2.05, 4.69) is 18.2 Å². The summed E-state index contributed by atoms with van der Waals surface area (Å²) < 4.78 is 0. The van der Waals surface area contributed by atoms with Crippen LogP contribution in [0.5, 0.6) is 0 Å². The molecule has 0 atom stereocenters. The van der Waals surface area contributed by atoms with Crippen LogP contribution in [0.15, 0.2) is 0 Å². The van der Waals surface area contributed by atoms with Crippen LogP contribution >= 0.6 is 0 Å².